The van der Waals surface area contributed by atoms with Gasteiger partial charge in [-0.1, -0.05) is 31.2 Å². The summed E-state index contributed by atoms with van der Waals surface area (Å²) in [6.45, 7) is 2.04. The highest BCUT2D eigenvalue weighted by Crippen LogP contribution is 2.27. The van der Waals surface area contributed by atoms with E-state index in [2.05, 4.69) is 0 Å². The number of hydrogen-bond donors (Lipinski definition) is 0. The molecule has 0 amide bonds. The standard InChI is InChI=1S/C15H13FO/c1-2-11-5-3-4-6-14(11)15-9-13(16)8-7-12(15)10-17/h3-10H,2H2,1H3. The molecule has 17 heavy (non-hydrogen) atoms. The van der Waals surface area contributed by atoms with Crippen molar-refractivity contribution in [3.05, 3.63) is 59.4 Å². The van der Waals surface area contributed by atoms with Gasteiger partial charge < -0.3 is 0 Å². The fraction of sp³-hybridized carbons (Fsp3) is 0.133. The van der Waals surface area contributed by atoms with E-state index in [4.69, 9.17) is 0 Å². The van der Waals surface area contributed by atoms with E-state index >= 15 is 0 Å². The van der Waals surface area contributed by atoms with Gasteiger partial charge in [0.05, 0.1) is 0 Å². The molecule has 86 valence electrons. The van der Waals surface area contributed by atoms with Gasteiger partial charge in [-0.25, -0.2) is 4.39 Å². The van der Waals surface area contributed by atoms with E-state index in [9.17, 15) is 9.18 Å². The number of halogens is 1. The minimum Gasteiger partial charge on any atom is -0.298 e. The molecule has 0 saturated carbocycles. The van der Waals surface area contributed by atoms with Crippen molar-refractivity contribution in [2.45, 2.75) is 13.3 Å². The number of carbonyl (C=O) groups excluding carboxylic acids is 1. The Balaban J connectivity index is 2.66. The molecular formula is C15H13FO. The Kier molecular flexibility index (Phi) is 3.33. The average Bonchev–Trinajstić information content (AvgIpc) is 2.38. The zero-order chi connectivity index (χ0) is 12.3. The smallest absolute Gasteiger partial charge is 0.150 e. The summed E-state index contributed by atoms with van der Waals surface area (Å²) in [4.78, 5) is 11.0. The predicted octanol–water partition coefficient (Wildman–Crippen LogP) is 3.87. The number of carbonyl (C=O) groups is 1. The topological polar surface area (TPSA) is 17.1 Å². The average molecular weight is 228 g/mol. The second-order valence-electron chi connectivity index (χ2n) is 3.86. The second-order valence-corrected chi connectivity index (χ2v) is 3.86. The van der Waals surface area contributed by atoms with E-state index in [0.717, 1.165) is 23.8 Å². The van der Waals surface area contributed by atoms with Crippen LogP contribution in [0.2, 0.25) is 0 Å². The molecular weight excluding hydrogens is 215 g/mol. The van der Waals surface area contributed by atoms with Crippen molar-refractivity contribution in [2.75, 3.05) is 0 Å². The molecule has 1 nitrogen and oxygen atoms in total. The number of aryl methyl sites for hydroxylation is 1. The Labute approximate surface area is 99.9 Å². The summed E-state index contributed by atoms with van der Waals surface area (Å²) in [5.41, 5.74) is 3.22. The Morgan fingerprint density at radius 2 is 1.88 bits per heavy atom. The first-order valence-corrected chi connectivity index (χ1v) is 5.59. The van der Waals surface area contributed by atoms with Gasteiger partial charge in [0.15, 0.2) is 6.29 Å². The maximum Gasteiger partial charge on any atom is 0.150 e. The van der Waals surface area contributed by atoms with Crippen LogP contribution >= 0.6 is 0 Å². The first-order chi connectivity index (χ1) is 8.26. The van der Waals surface area contributed by atoms with Crippen LogP contribution in [0.1, 0.15) is 22.8 Å². The maximum absolute atomic E-state index is 13.3. The lowest BCUT2D eigenvalue weighted by Gasteiger charge is -2.10. The molecule has 0 N–H and O–H groups in total. The van der Waals surface area contributed by atoms with Gasteiger partial charge in [0.25, 0.3) is 0 Å². The van der Waals surface area contributed by atoms with Gasteiger partial charge in [0, 0.05) is 5.56 Å². The summed E-state index contributed by atoms with van der Waals surface area (Å²) in [5, 5.41) is 0. The summed E-state index contributed by atoms with van der Waals surface area (Å²) >= 11 is 0. The highest BCUT2D eigenvalue weighted by Gasteiger charge is 2.09. The Morgan fingerprint density at radius 1 is 1.12 bits per heavy atom. The number of hydrogen-bond acceptors (Lipinski definition) is 1. The molecule has 0 aromatic heterocycles. The lowest BCUT2D eigenvalue weighted by molar-refractivity contribution is 0.112. The zero-order valence-electron chi connectivity index (χ0n) is 9.61. The van der Waals surface area contributed by atoms with Crippen molar-refractivity contribution in [1.29, 1.82) is 0 Å². The number of aldehydes is 1. The molecule has 0 radical (unpaired) electrons. The van der Waals surface area contributed by atoms with Crippen LogP contribution in [0.15, 0.2) is 42.5 Å². The van der Waals surface area contributed by atoms with Gasteiger partial charge in [0.1, 0.15) is 5.82 Å². The zero-order valence-corrected chi connectivity index (χ0v) is 9.61. The van der Waals surface area contributed by atoms with Gasteiger partial charge in [-0.15, -0.1) is 0 Å². The van der Waals surface area contributed by atoms with Crippen molar-refractivity contribution in [1.82, 2.24) is 0 Å². The van der Waals surface area contributed by atoms with E-state index in [1.165, 1.54) is 18.2 Å². The largest absolute Gasteiger partial charge is 0.298 e. The van der Waals surface area contributed by atoms with Crippen molar-refractivity contribution in [3.63, 3.8) is 0 Å². The summed E-state index contributed by atoms with van der Waals surface area (Å²) in [5.74, 6) is -0.323. The van der Waals surface area contributed by atoms with Crippen molar-refractivity contribution in [3.8, 4) is 11.1 Å². The van der Waals surface area contributed by atoms with Gasteiger partial charge in [-0.05, 0) is 41.3 Å². The lowest BCUT2D eigenvalue weighted by Crippen LogP contribution is -1.93. The molecule has 0 bridgehead atoms. The molecule has 0 fully saturated rings. The molecule has 0 spiro atoms. The molecule has 2 aromatic rings. The molecule has 0 aliphatic heterocycles. The van der Waals surface area contributed by atoms with Crippen LogP contribution in [0.5, 0.6) is 0 Å². The highest BCUT2D eigenvalue weighted by molar-refractivity contribution is 5.88. The summed E-state index contributed by atoms with van der Waals surface area (Å²) in [6, 6.07) is 12.0. The van der Waals surface area contributed by atoms with Crippen molar-refractivity contribution in [2.24, 2.45) is 0 Å². The predicted molar refractivity (Wildman–Crippen MR) is 66.6 cm³/mol. The fourth-order valence-corrected chi connectivity index (χ4v) is 1.96. The second kappa shape index (κ2) is 4.91. The molecule has 0 aliphatic carbocycles. The number of rotatable bonds is 3. The molecule has 0 atom stereocenters. The number of benzene rings is 2. The molecule has 0 heterocycles. The fourth-order valence-electron chi connectivity index (χ4n) is 1.96. The first kappa shape index (κ1) is 11.5. The molecule has 0 aliphatic rings. The summed E-state index contributed by atoms with van der Waals surface area (Å²) < 4.78 is 13.3. The van der Waals surface area contributed by atoms with E-state index < -0.39 is 0 Å². The van der Waals surface area contributed by atoms with Crippen LogP contribution < -0.4 is 0 Å². The van der Waals surface area contributed by atoms with Crippen LogP contribution in [-0.4, -0.2) is 6.29 Å². The SMILES string of the molecule is CCc1ccccc1-c1cc(F)ccc1C=O. The highest BCUT2D eigenvalue weighted by atomic mass is 19.1. The summed E-state index contributed by atoms with van der Waals surface area (Å²) in [6.07, 6.45) is 1.62. The van der Waals surface area contributed by atoms with Crippen molar-refractivity contribution < 1.29 is 9.18 Å². The molecule has 2 rings (SSSR count). The van der Waals surface area contributed by atoms with E-state index in [1.807, 2.05) is 31.2 Å². The molecule has 2 aromatic carbocycles. The Hall–Kier alpha value is -1.96. The minimum absolute atomic E-state index is 0.323. The third kappa shape index (κ3) is 2.26. The first-order valence-electron chi connectivity index (χ1n) is 5.59. The van der Waals surface area contributed by atoms with Crippen molar-refractivity contribution >= 4 is 6.29 Å². The van der Waals surface area contributed by atoms with Crippen LogP contribution in [0.3, 0.4) is 0 Å². The van der Waals surface area contributed by atoms with Crippen LogP contribution in [-0.2, 0) is 6.42 Å². The monoisotopic (exact) mass is 228 g/mol. The van der Waals surface area contributed by atoms with Crippen LogP contribution in [0, 0.1) is 5.82 Å². The molecule has 0 unspecified atom stereocenters. The van der Waals surface area contributed by atoms with Gasteiger partial charge in [-0.3, -0.25) is 4.79 Å². The van der Waals surface area contributed by atoms with E-state index in [-0.39, 0.29) is 5.82 Å². The minimum atomic E-state index is -0.323. The molecule has 2 heteroatoms. The van der Waals surface area contributed by atoms with Gasteiger partial charge >= 0.3 is 0 Å². The maximum atomic E-state index is 13.3. The van der Waals surface area contributed by atoms with E-state index in [0.29, 0.717) is 11.1 Å². The molecule has 0 saturated heterocycles. The quantitative estimate of drug-likeness (QED) is 0.729. The third-order valence-electron chi connectivity index (χ3n) is 2.83. The van der Waals surface area contributed by atoms with Gasteiger partial charge in [0.2, 0.25) is 0 Å². The van der Waals surface area contributed by atoms with Gasteiger partial charge in [-0.2, -0.15) is 0 Å². The summed E-state index contributed by atoms with van der Waals surface area (Å²) in [7, 11) is 0. The Bertz CT molecular complexity index is 546. The normalized spacial score (nSPS) is 10.2. The van der Waals surface area contributed by atoms with Crippen LogP contribution in [0.25, 0.3) is 11.1 Å². The van der Waals surface area contributed by atoms with Crippen LogP contribution in [0.4, 0.5) is 4.39 Å². The van der Waals surface area contributed by atoms with E-state index in [1.54, 1.807) is 0 Å². The Morgan fingerprint density at radius 3 is 2.59 bits per heavy atom. The lowest BCUT2D eigenvalue weighted by atomic mass is 9.95. The third-order valence-corrected chi connectivity index (χ3v) is 2.83.